The monoisotopic (exact) mass is 366 g/mol. The summed E-state index contributed by atoms with van der Waals surface area (Å²) in [7, 11) is 0. The average Bonchev–Trinajstić information content (AvgIpc) is 2.76. The second-order valence-corrected chi connectivity index (χ2v) is 6.43. The van der Waals surface area contributed by atoms with Crippen LogP contribution in [0.15, 0.2) is 97.2 Å². The quantitative estimate of drug-likeness (QED) is 0.420. The van der Waals surface area contributed by atoms with Crippen molar-refractivity contribution >= 4 is 11.4 Å². The Morgan fingerprint density at radius 1 is 0.750 bits per heavy atom. The first kappa shape index (κ1) is 17.8. The zero-order chi connectivity index (χ0) is 19.2. The summed E-state index contributed by atoms with van der Waals surface area (Å²) in [6, 6.07) is 30.8. The van der Waals surface area contributed by atoms with Crippen LogP contribution < -0.4 is 10.1 Å². The molecule has 4 rings (SSSR count). The van der Waals surface area contributed by atoms with Gasteiger partial charge in [-0.2, -0.15) is 0 Å². The Morgan fingerprint density at radius 3 is 2.25 bits per heavy atom. The van der Waals surface area contributed by atoms with Gasteiger partial charge in [-0.25, -0.2) is 0 Å². The van der Waals surface area contributed by atoms with Gasteiger partial charge in [-0.3, -0.25) is 4.98 Å². The molecule has 0 saturated heterocycles. The number of nitrogens with zero attached hydrogens (tertiary/aromatic N) is 1. The van der Waals surface area contributed by atoms with E-state index < -0.39 is 0 Å². The number of hydrogen-bond acceptors (Lipinski definition) is 3. The van der Waals surface area contributed by atoms with Crippen LogP contribution in [-0.4, -0.2) is 11.6 Å². The molecule has 0 spiro atoms. The zero-order valence-electron chi connectivity index (χ0n) is 15.8. The van der Waals surface area contributed by atoms with Crippen LogP contribution in [0.3, 0.4) is 0 Å². The highest BCUT2D eigenvalue weighted by Gasteiger charge is 2.08. The first-order valence-corrected chi connectivity index (χ1v) is 9.44. The van der Waals surface area contributed by atoms with E-state index in [1.807, 2.05) is 61.7 Å². The Bertz CT molecular complexity index is 1040. The highest BCUT2D eigenvalue weighted by Crippen LogP contribution is 2.31. The number of pyridine rings is 1. The molecule has 3 aromatic carbocycles. The summed E-state index contributed by atoms with van der Waals surface area (Å²) in [5.74, 6) is 0.858. The summed E-state index contributed by atoms with van der Waals surface area (Å²) in [5.41, 5.74) is 6.33. The highest BCUT2D eigenvalue weighted by atomic mass is 16.5. The van der Waals surface area contributed by atoms with Gasteiger partial charge in [0.15, 0.2) is 0 Å². The average molecular weight is 366 g/mol. The van der Waals surface area contributed by atoms with E-state index in [1.54, 1.807) is 0 Å². The van der Waals surface area contributed by atoms with E-state index >= 15 is 0 Å². The van der Waals surface area contributed by atoms with Gasteiger partial charge in [0, 0.05) is 23.1 Å². The molecule has 0 fully saturated rings. The molecule has 3 nitrogen and oxygen atoms in total. The predicted molar refractivity (Wildman–Crippen MR) is 116 cm³/mol. The fraction of sp³-hybridized carbons (Fsp3) is 0.0800. The third-order valence-corrected chi connectivity index (χ3v) is 4.50. The Hall–Kier alpha value is -3.59. The van der Waals surface area contributed by atoms with Gasteiger partial charge in [-0.05, 0) is 66.6 Å². The number of nitrogens with one attached hydrogen (secondary N) is 1. The Kier molecular flexibility index (Phi) is 5.34. The van der Waals surface area contributed by atoms with Gasteiger partial charge in [-0.1, -0.05) is 42.5 Å². The van der Waals surface area contributed by atoms with E-state index in [0.717, 1.165) is 39.5 Å². The summed E-state index contributed by atoms with van der Waals surface area (Å²) >= 11 is 0. The topological polar surface area (TPSA) is 34.1 Å². The van der Waals surface area contributed by atoms with Crippen LogP contribution in [0.4, 0.5) is 11.4 Å². The van der Waals surface area contributed by atoms with Crippen molar-refractivity contribution in [1.29, 1.82) is 0 Å². The van der Waals surface area contributed by atoms with Gasteiger partial charge >= 0.3 is 0 Å². The summed E-state index contributed by atoms with van der Waals surface area (Å²) in [5, 5.41) is 3.41. The first-order chi connectivity index (χ1) is 13.8. The maximum absolute atomic E-state index is 5.76. The van der Waals surface area contributed by atoms with E-state index in [1.165, 1.54) is 0 Å². The molecule has 28 heavy (non-hydrogen) atoms. The van der Waals surface area contributed by atoms with E-state index in [4.69, 9.17) is 4.74 Å². The van der Waals surface area contributed by atoms with E-state index in [0.29, 0.717) is 6.61 Å². The molecule has 1 aromatic heterocycles. The molecule has 4 aromatic rings. The zero-order valence-corrected chi connectivity index (χ0v) is 15.8. The lowest BCUT2D eigenvalue weighted by Crippen LogP contribution is -1.95. The van der Waals surface area contributed by atoms with E-state index in [9.17, 15) is 0 Å². The maximum atomic E-state index is 5.76. The van der Waals surface area contributed by atoms with Gasteiger partial charge in [0.1, 0.15) is 5.75 Å². The van der Waals surface area contributed by atoms with Crippen LogP contribution in [0.2, 0.25) is 0 Å². The van der Waals surface area contributed by atoms with Gasteiger partial charge in [0.05, 0.1) is 12.3 Å². The number of ether oxygens (including phenoxy) is 1. The molecule has 0 atom stereocenters. The minimum absolute atomic E-state index is 0.632. The second kappa shape index (κ2) is 8.40. The standard InChI is InChI=1S/C25H22N2O/c1-2-28-25-11-7-6-10-23(25)24-18-20(16-17-26-24)19-12-14-22(15-13-19)27-21-8-4-3-5-9-21/h3-18,27H,2H2,1H3. The Balaban J connectivity index is 1.60. The van der Waals surface area contributed by atoms with Crippen molar-refractivity contribution in [3.8, 4) is 28.1 Å². The van der Waals surface area contributed by atoms with Crippen LogP contribution in [0, 0.1) is 0 Å². The van der Waals surface area contributed by atoms with Gasteiger partial charge in [-0.15, -0.1) is 0 Å². The van der Waals surface area contributed by atoms with Crippen LogP contribution in [0.5, 0.6) is 5.75 Å². The molecule has 0 saturated carbocycles. The van der Waals surface area contributed by atoms with Crippen molar-refractivity contribution in [3.63, 3.8) is 0 Å². The molecule has 1 N–H and O–H groups in total. The van der Waals surface area contributed by atoms with Gasteiger partial charge in [0.25, 0.3) is 0 Å². The molecular weight excluding hydrogens is 344 g/mol. The van der Waals surface area contributed by atoms with Crippen molar-refractivity contribution in [3.05, 3.63) is 97.2 Å². The third-order valence-electron chi connectivity index (χ3n) is 4.50. The fourth-order valence-corrected chi connectivity index (χ4v) is 3.15. The summed E-state index contributed by atoms with van der Waals surface area (Å²) in [6.45, 7) is 2.62. The molecule has 0 aliphatic carbocycles. The van der Waals surface area contributed by atoms with Crippen LogP contribution in [-0.2, 0) is 0 Å². The molecule has 0 unspecified atom stereocenters. The van der Waals surface area contributed by atoms with Crippen molar-refractivity contribution in [2.75, 3.05) is 11.9 Å². The Morgan fingerprint density at radius 2 is 1.46 bits per heavy atom. The molecule has 0 radical (unpaired) electrons. The fourth-order valence-electron chi connectivity index (χ4n) is 3.15. The van der Waals surface area contributed by atoms with Crippen molar-refractivity contribution in [2.45, 2.75) is 6.92 Å². The lowest BCUT2D eigenvalue weighted by atomic mass is 10.0. The number of benzene rings is 3. The summed E-state index contributed by atoms with van der Waals surface area (Å²) < 4.78 is 5.76. The van der Waals surface area contributed by atoms with Gasteiger partial charge < -0.3 is 10.1 Å². The first-order valence-electron chi connectivity index (χ1n) is 9.44. The maximum Gasteiger partial charge on any atom is 0.128 e. The largest absolute Gasteiger partial charge is 0.493 e. The highest BCUT2D eigenvalue weighted by molar-refractivity contribution is 5.74. The molecular formula is C25H22N2O. The van der Waals surface area contributed by atoms with E-state index in [2.05, 4.69) is 52.8 Å². The Labute approximate surface area is 165 Å². The SMILES string of the molecule is CCOc1ccccc1-c1cc(-c2ccc(Nc3ccccc3)cc2)ccn1. The minimum atomic E-state index is 0.632. The summed E-state index contributed by atoms with van der Waals surface area (Å²) in [4.78, 5) is 4.56. The van der Waals surface area contributed by atoms with Crippen molar-refractivity contribution in [1.82, 2.24) is 4.98 Å². The molecule has 0 bridgehead atoms. The lowest BCUT2D eigenvalue weighted by molar-refractivity contribution is 0.341. The third kappa shape index (κ3) is 4.04. The number of hydrogen-bond donors (Lipinski definition) is 1. The number of aromatic nitrogens is 1. The molecule has 0 amide bonds. The van der Waals surface area contributed by atoms with Crippen LogP contribution in [0.1, 0.15) is 6.92 Å². The van der Waals surface area contributed by atoms with Gasteiger partial charge in [0.2, 0.25) is 0 Å². The molecule has 138 valence electrons. The molecule has 0 aliphatic heterocycles. The minimum Gasteiger partial charge on any atom is -0.493 e. The van der Waals surface area contributed by atoms with E-state index in [-0.39, 0.29) is 0 Å². The lowest BCUT2D eigenvalue weighted by Gasteiger charge is -2.11. The smallest absolute Gasteiger partial charge is 0.128 e. The van der Waals surface area contributed by atoms with Crippen molar-refractivity contribution < 1.29 is 4.74 Å². The molecule has 0 aliphatic rings. The second-order valence-electron chi connectivity index (χ2n) is 6.43. The summed E-state index contributed by atoms with van der Waals surface area (Å²) in [6.07, 6.45) is 1.85. The molecule has 1 heterocycles. The number of rotatable bonds is 6. The predicted octanol–water partition coefficient (Wildman–Crippen LogP) is 6.56. The number of anilines is 2. The number of para-hydroxylation sites is 2. The van der Waals surface area contributed by atoms with Crippen LogP contribution in [0.25, 0.3) is 22.4 Å². The van der Waals surface area contributed by atoms with Crippen LogP contribution >= 0.6 is 0 Å². The normalized spacial score (nSPS) is 10.5. The van der Waals surface area contributed by atoms with Crippen molar-refractivity contribution in [2.24, 2.45) is 0 Å². The molecule has 3 heteroatoms.